The average molecular weight is 350 g/mol. The minimum Gasteiger partial charge on any atom is -0.398 e. The molecule has 0 atom stereocenters. The largest absolute Gasteiger partial charge is 0.573 e. The highest BCUT2D eigenvalue weighted by Crippen LogP contribution is 2.29. The first-order valence-corrected chi connectivity index (χ1v) is 4.61. The maximum Gasteiger partial charge on any atom is 0.573 e. The van der Waals surface area contributed by atoms with Crippen LogP contribution < -0.4 is 10.3 Å². The van der Waals surface area contributed by atoms with Gasteiger partial charge in [0, 0.05) is 0 Å². The Morgan fingerprint density at radius 2 is 2.06 bits per heavy atom. The number of rotatable bonds is 2. The van der Waals surface area contributed by atoms with Gasteiger partial charge < -0.3 is 9.72 Å². The normalized spacial score (nSPS) is 11.2. The number of halogens is 4. The van der Waals surface area contributed by atoms with Gasteiger partial charge in [0.2, 0.25) is 5.75 Å². The van der Waals surface area contributed by atoms with Crippen LogP contribution in [-0.4, -0.2) is 16.3 Å². The molecule has 0 aliphatic carbocycles. The van der Waals surface area contributed by atoms with E-state index in [0.29, 0.717) is 6.20 Å². The van der Waals surface area contributed by atoms with E-state index in [9.17, 15) is 28.1 Å². The van der Waals surface area contributed by atoms with Crippen LogP contribution in [-0.2, 0) is 0 Å². The molecule has 1 rings (SSSR count). The molecule has 0 saturated carbocycles. The van der Waals surface area contributed by atoms with Crippen LogP contribution >= 0.6 is 22.6 Å². The summed E-state index contributed by atoms with van der Waals surface area (Å²) in [4.78, 5) is 22.2. The molecule has 0 bridgehead atoms. The molecule has 0 fully saturated rings. The molecule has 0 spiro atoms. The summed E-state index contributed by atoms with van der Waals surface area (Å²) < 4.78 is 38.5. The molecule has 1 aromatic heterocycles. The number of nitrogens with zero attached hydrogens (tertiary/aromatic N) is 1. The number of nitro groups is 1. The summed E-state index contributed by atoms with van der Waals surface area (Å²) in [6.45, 7) is 0. The van der Waals surface area contributed by atoms with Gasteiger partial charge >= 0.3 is 12.0 Å². The molecule has 1 aromatic rings. The van der Waals surface area contributed by atoms with Crippen molar-refractivity contribution in [1.82, 2.24) is 4.98 Å². The van der Waals surface area contributed by atoms with Crippen LogP contribution in [0.5, 0.6) is 5.75 Å². The zero-order chi connectivity index (χ0) is 12.5. The molecule has 0 aliphatic heterocycles. The van der Waals surface area contributed by atoms with E-state index in [1.54, 1.807) is 4.98 Å². The first kappa shape index (κ1) is 12.7. The first-order valence-electron chi connectivity index (χ1n) is 3.53. The number of ether oxygens (including phenoxy) is 1. The van der Waals surface area contributed by atoms with E-state index in [1.807, 2.05) is 0 Å². The molecule has 10 heteroatoms. The average Bonchev–Trinajstić information content (AvgIpc) is 2.10. The van der Waals surface area contributed by atoms with E-state index in [4.69, 9.17) is 0 Å². The molecular weight excluding hydrogens is 348 g/mol. The Labute approximate surface area is 98.7 Å². The Morgan fingerprint density at radius 3 is 2.50 bits per heavy atom. The van der Waals surface area contributed by atoms with Crippen LogP contribution in [0.3, 0.4) is 0 Å². The predicted molar refractivity (Wildman–Crippen MR) is 53.1 cm³/mol. The van der Waals surface area contributed by atoms with Crippen molar-refractivity contribution in [2.24, 2.45) is 0 Å². The third-order valence-electron chi connectivity index (χ3n) is 1.38. The fraction of sp³-hybridized carbons (Fsp3) is 0.167. The smallest absolute Gasteiger partial charge is 0.398 e. The Balaban J connectivity index is 3.33. The molecule has 1 heterocycles. The summed E-state index contributed by atoms with van der Waals surface area (Å²) in [6.07, 6.45) is -4.38. The molecule has 6 nitrogen and oxygen atoms in total. The van der Waals surface area contributed by atoms with Crippen molar-refractivity contribution >= 4 is 28.3 Å². The summed E-state index contributed by atoms with van der Waals surface area (Å²) in [6, 6.07) is 0. The van der Waals surface area contributed by atoms with Crippen LogP contribution in [0.1, 0.15) is 0 Å². The third kappa shape index (κ3) is 2.84. The number of pyridine rings is 1. The zero-order valence-corrected chi connectivity index (χ0v) is 9.33. The molecule has 0 unspecified atom stereocenters. The van der Waals surface area contributed by atoms with E-state index >= 15 is 0 Å². The van der Waals surface area contributed by atoms with Crippen molar-refractivity contribution in [3.63, 3.8) is 0 Å². The summed E-state index contributed by atoms with van der Waals surface area (Å²) in [5.41, 5.74) is -1.85. The second kappa shape index (κ2) is 4.27. The Morgan fingerprint density at radius 1 is 1.50 bits per heavy atom. The quantitative estimate of drug-likeness (QED) is 0.501. The van der Waals surface area contributed by atoms with E-state index < -0.39 is 31.9 Å². The van der Waals surface area contributed by atoms with Gasteiger partial charge in [-0.3, -0.25) is 14.9 Å². The van der Waals surface area contributed by atoms with Crippen molar-refractivity contribution in [3.8, 4) is 5.75 Å². The van der Waals surface area contributed by atoms with Gasteiger partial charge in [-0.25, -0.2) is 0 Å². The lowest BCUT2D eigenvalue weighted by Gasteiger charge is -2.08. The fourth-order valence-electron chi connectivity index (χ4n) is 0.819. The molecule has 0 radical (unpaired) electrons. The zero-order valence-electron chi connectivity index (χ0n) is 7.17. The highest BCUT2D eigenvalue weighted by Gasteiger charge is 2.35. The number of aromatic nitrogens is 1. The number of H-pyrrole nitrogens is 1. The molecule has 1 N–H and O–H groups in total. The summed E-state index contributed by atoms with van der Waals surface area (Å²) in [5, 5.41) is 10.4. The molecule has 0 aromatic carbocycles. The number of hydrogen-bond donors (Lipinski definition) is 1. The van der Waals surface area contributed by atoms with E-state index in [-0.39, 0.29) is 0 Å². The molecular formula is C6H2F3IN2O4. The van der Waals surface area contributed by atoms with E-state index in [1.165, 1.54) is 22.6 Å². The van der Waals surface area contributed by atoms with Crippen molar-refractivity contribution in [2.45, 2.75) is 6.36 Å². The Kier molecular flexibility index (Phi) is 3.40. The van der Waals surface area contributed by atoms with Crippen molar-refractivity contribution in [3.05, 3.63) is 30.2 Å². The molecule has 0 aliphatic rings. The lowest BCUT2D eigenvalue weighted by Crippen LogP contribution is -2.24. The molecule has 0 saturated heterocycles. The SMILES string of the molecule is O=c1[nH]cc([N+](=O)[O-])c(I)c1OC(F)(F)F. The van der Waals surface area contributed by atoms with Gasteiger partial charge in [-0.05, 0) is 22.6 Å². The molecule has 88 valence electrons. The lowest BCUT2D eigenvalue weighted by molar-refractivity contribution is -0.386. The second-order valence-corrected chi connectivity index (χ2v) is 3.53. The second-order valence-electron chi connectivity index (χ2n) is 2.45. The van der Waals surface area contributed by atoms with Crippen LogP contribution in [0.4, 0.5) is 18.9 Å². The highest BCUT2D eigenvalue weighted by atomic mass is 127. The van der Waals surface area contributed by atoms with E-state index in [0.717, 1.165) is 0 Å². The topological polar surface area (TPSA) is 85.2 Å². The van der Waals surface area contributed by atoms with Crippen LogP contribution in [0, 0.1) is 13.7 Å². The minimum absolute atomic E-state index is 0.510. The van der Waals surface area contributed by atoms with Gasteiger partial charge in [-0.15, -0.1) is 13.2 Å². The Bertz CT molecular complexity index is 484. The van der Waals surface area contributed by atoms with Crippen LogP contribution in [0.15, 0.2) is 11.0 Å². The van der Waals surface area contributed by atoms with Gasteiger partial charge in [0.25, 0.3) is 5.56 Å². The van der Waals surface area contributed by atoms with Gasteiger partial charge in [0.1, 0.15) is 3.57 Å². The van der Waals surface area contributed by atoms with Gasteiger partial charge in [-0.1, -0.05) is 0 Å². The number of aromatic amines is 1. The Hall–Kier alpha value is -1.33. The minimum atomic E-state index is -5.08. The third-order valence-corrected chi connectivity index (χ3v) is 2.43. The van der Waals surface area contributed by atoms with Crippen molar-refractivity contribution in [1.29, 1.82) is 0 Å². The fourth-order valence-corrected chi connectivity index (χ4v) is 1.53. The molecule has 16 heavy (non-hydrogen) atoms. The predicted octanol–water partition coefficient (Wildman–Crippen LogP) is 1.79. The van der Waals surface area contributed by atoms with Crippen LogP contribution in [0.2, 0.25) is 0 Å². The van der Waals surface area contributed by atoms with Gasteiger partial charge in [-0.2, -0.15) is 0 Å². The lowest BCUT2D eigenvalue weighted by atomic mass is 10.4. The van der Waals surface area contributed by atoms with Crippen molar-refractivity contribution < 1.29 is 22.8 Å². The van der Waals surface area contributed by atoms with Gasteiger partial charge in [0.05, 0.1) is 11.1 Å². The highest BCUT2D eigenvalue weighted by molar-refractivity contribution is 14.1. The summed E-state index contributed by atoms with van der Waals surface area (Å²) >= 11 is 1.24. The summed E-state index contributed by atoms with van der Waals surface area (Å²) in [5.74, 6) is -1.14. The van der Waals surface area contributed by atoms with Crippen LogP contribution in [0.25, 0.3) is 0 Å². The molecule has 0 amide bonds. The number of hydrogen-bond acceptors (Lipinski definition) is 4. The first-order chi connectivity index (χ1) is 7.22. The van der Waals surface area contributed by atoms with Gasteiger partial charge in [0.15, 0.2) is 0 Å². The maximum absolute atomic E-state index is 11.9. The summed E-state index contributed by atoms with van der Waals surface area (Å²) in [7, 11) is 0. The van der Waals surface area contributed by atoms with Crippen molar-refractivity contribution in [2.75, 3.05) is 0 Å². The monoisotopic (exact) mass is 350 g/mol. The van der Waals surface area contributed by atoms with E-state index in [2.05, 4.69) is 4.74 Å². The number of nitrogens with one attached hydrogen (secondary N) is 1. The standard InChI is InChI=1S/C6H2F3IN2O4/c7-6(8,9)16-4-3(10)2(12(14)15)1-11-5(4)13/h1H,(H,11,13). The number of alkyl halides is 3. The maximum atomic E-state index is 11.9.